The van der Waals surface area contributed by atoms with E-state index in [0.29, 0.717) is 17.2 Å². The number of benzene rings is 2. The molecule has 0 aliphatic rings. The van der Waals surface area contributed by atoms with E-state index in [-0.39, 0.29) is 0 Å². The summed E-state index contributed by atoms with van der Waals surface area (Å²) in [6, 6.07) is 14.3. The van der Waals surface area contributed by atoms with Crippen molar-refractivity contribution in [1.29, 1.82) is 0 Å². The van der Waals surface area contributed by atoms with Crippen LogP contribution in [-0.2, 0) is 4.79 Å². The van der Waals surface area contributed by atoms with Crippen LogP contribution in [0, 0.1) is 0 Å². The van der Waals surface area contributed by atoms with Crippen molar-refractivity contribution in [1.82, 2.24) is 0 Å². The SMILES string of the molecule is COc1ccc(/C=C/C(=O)Oc2ccccc2)c(OC)c1. The van der Waals surface area contributed by atoms with Gasteiger partial charge in [-0.1, -0.05) is 18.2 Å². The van der Waals surface area contributed by atoms with Crippen LogP contribution in [0.25, 0.3) is 6.08 Å². The Morgan fingerprint density at radius 3 is 2.38 bits per heavy atom. The molecule has 108 valence electrons. The molecule has 0 bridgehead atoms. The summed E-state index contributed by atoms with van der Waals surface area (Å²) in [7, 11) is 3.15. The Labute approximate surface area is 123 Å². The van der Waals surface area contributed by atoms with Gasteiger partial charge in [-0.15, -0.1) is 0 Å². The van der Waals surface area contributed by atoms with Crippen LogP contribution in [0.5, 0.6) is 17.2 Å². The summed E-state index contributed by atoms with van der Waals surface area (Å²) < 4.78 is 15.5. The lowest BCUT2D eigenvalue weighted by atomic mass is 10.2. The summed E-state index contributed by atoms with van der Waals surface area (Å²) >= 11 is 0. The van der Waals surface area contributed by atoms with Crippen LogP contribution < -0.4 is 14.2 Å². The van der Waals surface area contributed by atoms with Gasteiger partial charge in [0.25, 0.3) is 0 Å². The fourth-order valence-electron chi connectivity index (χ4n) is 1.75. The second-order valence-electron chi connectivity index (χ2n) is 4.18. The number of para-hydroxylation sites is 1. The fraction of sp³-hybridized carbons (Fsp3) is 0.118. The van der Waals surface area contributed by atoms with Crippen molar-refractivity contribution in [2.24, 2.45) is 0 Å². The zero-order valence-electron chi connectivity index (χ0n) is 11.9. The fourth-order valence-corrected chi connectivity index (χ4v) is 1.75. The highest BCUT2D eigenvalue weighted by atomic mass is 16.5. The van der Waals surface area contributed by atoms with Crippen LogP contribution in [0.4, 0.5) is 0 Å². The summed E-state index contributed by atoms with van der Waals surface area (Å²) in [6.07, 6.45) is 3.00. The molecule has 0 saturated heterocycles. The molecule has 0 unspecified atom stereocenters. The lowest BCUT2D eigenvalue weighted by Crippen LogP contribution is -2.03. The molecule has 0 aliphatic heterocycles. The average molecular weight is 284 g/mol. The van der Waals surface area contributed by atoms with Crippen LogP contribution >= 0.6 is 0 Å². The van der Waals surface area contributed by atoms with Crippen LogP contribution in [0.1, 0.15) is 5.56 Å². The van der Waals surface area contributed by atoms with Crippen molar-refractivity contribution >= 4 is 12.0 Å². The van der Waals surface area contributed by atoms with Gasteiger partial charge in [-0.05, 0) is 30.3 Å². The van der Waals surface area contributed by atoms with E-state index in [1.54, 1.807) is 56.7 Å². The van der Waals surface area contributed by atoms with E-state index < -0.39 is 5.97 Å². The minimum atomic E-state index is -0.445. The third-order valence-corrected chi connectivity index (χ3v) is 2.80. The van der Waals surface area contributed by atoms with E-state index in [2.05, 4.69) is 0 Å². The summed E-state index contributed by atoms with van der Waals surface area (Å²) in [5.74, 6) is 1.38. The second-order valence-corrected chi connectivity index (χ2v) is 4.18. The minimum Gasteiger partial charge on any atom is -0.497 e. The first-order chi connectivity index (χ1) is 10.2. The maximum Gasteiger partial charge on any atom is 0.336 e. The number of methoxy groups -OCH3 is 2. The highest BCUT2D eigenvalue weighted by Gasteiger charge is 2.04. The zero-order chi connectivity index (χ0) is 15.1. The van der Waals surface area contributed by atoms with Gasteiger partial charge in [0.15, 0.2) is 0 Å². The molecule has 0 amide bonds. The van der Waals surface area contributed by atoms with Gasteiger partial charge < -0.3 is 14.2 Å². The Morgan fingerprint density at radius 1 is 0.952 bits per heavy atom. The van der Waals surface area contributed by atoms with Gasteiger partial charge in [-0.3, -0.25) is 0 Å². The first-order valence-corrected chi connectivity index (χ1v) is 6.40. The average Bonchev–Trinajstić information content (AvgIpc) is 2.53. The van der Waals surface area contributed by atoms with Gasteiger partial charge >= 0.3 is 5.97 Å². The number of ether oxygens (including phenoxy) is 3. The zero-order valence-corrected chi connectivity index (χ0v) is 11.9. The molecule has 4 heteroatoms. The standard InChI is InChI=1S/C17H16O4/c1-19-15-10-8-13(16(12-15)20-2)9-11-17(18)21-14-6-4-3-5-7-14/h3-12H,1-2H3/b11-9+. The molecule has 0 spiro atoms. The lowest BCUT2D eigenvalue weighted by molar-refractivity contribution is -0.128. The Bertz CT molecular complexity index is 632. The monoisotopic (exact) mass is 284 g/mol. The third-order valence-electron chi connectivity index (χ3n) is 2.80. The summed E-state index contributed by atoms with van der Waals surface area (Å²) in [5.41, 5.74) is 0.767. The van der Waals surface area contributed by atoms with E-state index in [1.165, 1.54) is 6.08 Å². The molecule has 0 aromatic heterocycles. The number of hydrogen-bond donors (Lipinski definition) is 0. The topological polar surface area (TPSA) is 44.8 Å². The maximum absolute atomic E-state index is 11.7. The number of hydrogen-bond acceptors (Lipinski definition) is 4. The van der Waals surface area contributed by atoms with Gasteiger partial charge in [0.2, 0.25) is 0 Å². The third kappa shape index (κ3) is 4.11. The molecule has 0 saturated carbocycles. The van der Waals surface area contributed by atoms with Gasteiger partial charge in [-0.25, -0.2) is 4.79 Å². The van der Waals surface area contributed by atoms with E-state index in [1.807, 2.05) is 12.1 Å². The van der Waals surface area contributed by atoms with Gasteiger partial charge in [0.05, 0.1) is 14.2 Å². The quantitative estimate of drug-likeness (QED) is 0.480. The highest BCUT2D eigenvalue weighted by Crippen LogP contribution is 2.25. The van der Waals surface area contributed by atoms with Crippen LogP contribution in [-0.4, -0.2) is 20.2 Å². The first kappa shape index (κ1) is 14.7. The van der Waals surface area contributed by atoms with Gasteiger partial charge in [0.1, 0.15) is 17.2 Å². The number of esters is 1. The van der Waals surface area contributed by atoms with Crippen LogP contribution in [0.3, 0.4) is 0 Å². The molecule has 0 aliphatic carbocycles. The first-order valence-electron chi connectivity index (χ1n) is 6.40. The number of rotatable bonds is 5. The second kappa shape index (κ2) is 7.14. The molecular formula is C17H16O4. The molecule has 0 heterocycles. The van der Waals surface area contributed by atoms with Gasteiger partial charge in [-0.2, -0.15) is 0 Å². The molecule has 0 atom stereocenters. The van der Waals surface area contributed by atoms with Crippen molar-refractivity contribution in [3.05, 3.63) is 60.2 Å². The summed E-state index contributed by atoms with van der Waals surface area (Å²) in [4.78, 5) is 11.7. The Hall–Kier alpha value is -2.75. The van der Waals surface area contributed by atoms with E-state index in [9.17, 15) is 4.79 Å². The summed E-state index contributed by atoms with van der Waals surface area (Å²) in [5, 5.41) is 0. The van der Waals surface area contributed by atoms with E-state index in [0.717, 1.165) is 5.56 Å². The van der Waals surface area contributed by atoms with Crippen molar-refractivity contribution in [3.8, 4) is 17.2 Å². The highest BCUT2D eigenvalue weighted by molar-refractivity contribution is 5.89. The Morgan fingerprint density at radius 2 is 1.71 bits per heavy atom. The summed E-state index contributed by atoms with van der Waals surface area (Å²) in [6.45, 7) is 0. The molecule has 0 N–H and O–H groups in total. The lowest BCUT2D eigenvalue weighted by Gasteiger charge is -2.07. The predicted molar refractivity (Wildman–Crippen MR) is 80.7 cm³/mol. The predicted octanol–water partition coefficient (Wildman–Crippen LogP) is 3.32. The largest absolute Gasteiger partial charge is 0.497 e. The number of carbonyl (C=O) groups excluding carboxylic acids is 1. The van der Waals surface area contributed by atoms with Crippen molar-refractivity contribution < 1.29 is 19.0 Å². The van der Waals surface area contributed by atoms with Crippen molar-refractivity contribution in [2.45, 2.75) is 0 Å². The Kier molecular flexibility index (Phi) is 4.99. The molecule has 0 radical (unpaired) electrons. The molecule has 0 fully saturated rings. The van der Waals surface area contributed by atoms with Crippen LogP contribution in [0.2, 0.25) is 0 Å². The minimum absolute atomic E-state index is 0.445. The smallest absolute Gasteiger partial charge is 0.336 e. The van der Waals surface area contributed by atoms with Crippen LogP contribution in [0.15, 0.2) is 54.6 Å². The molecule has 21 heavy (non-hydrogen) atoms. The van der Waals surface area contributed by atoms with Crippen molar-refractivity contribution in [3.63, 3.8) is 0 Å². The van der Waals surface area contributed by atoms with E-state index in [4.69, 9.17) is 14.2 Å². The molecular weight excluding hydrogens is 268 g/mol. The van der Waals surface area contributed by atoms with E-state index >= 15 is 0 Å². The molecule has 2 aromatic carbocycles. The molecule has 2 aromatic rings. The molecule has 2 rings (SSSR count). The Balaban J connectivity index is 2.08. The maximum atomic E-state index is 11.7. The van der Waals surface area contributed by atoms with Crippen molar-refractivity contribution in [2.75, 3.05) is 14.2 Å². The number of carbonyl (C=O) groups is 1. The van der Waals surface area contributed by atoms with Gasteiger partial charge in [0, 0.05) is 17.7 Å². The molecule has 4 nitrogen and oxygen atoms in total. The normalized spacial score (nSPS) is 10.4.